The second-order valence-corrected chi connectivity index (χ2v) is 8.55. The van der Waals surface area contributed by atoms with Crippen LogP contribution in [0.1, 0.15) is 43.7 Å². The number of nitrogens with zero attached hydrogens (tertiary/aromatic N) is 3. The third-order valence-corrected chi connectivity index (χ3v) is 6.17. The molecule has 5 rings (SSSR count). The van der Waals surface area contributed by atoms with Crippen molar-refractivity contribution < 1.29 is 14.2 Å². The van der Waals surface area contributed by atoms with Crippen LogP contribution < -0.4 is 24.3 Å². The minimum Gasteiger partial charge on any atom is -0.493 e. The van der Waals surface area contributed by atoms with Gasteiger partial charge in [-0.05, 0) is 30.7 Å². The summed E-state index contributed by atoms with van der Waals surface area (Å²) in [6.07, 6.45) is 4.67. The summed E-state index contributed by atoms with van der Waals surface area (Å²) in [4.78, 5) is 18.0. The van der Waals surface area contributed by atoms with Crippen LogP contribution in [-0.2, 0) is 0 Å². The topological polar surface area (TPSA) is 74.9 Å². The van der Waals surface area contributed by atoms with E-state index in [0.717, 1.165) is 30.6 Å². The molecular weight excluding hydrogens is 426 g/mol. The van der Waals surface area contributed by atoms with Crippen LogP contribution in [0.4, 0.5) is 0 Å². The number of rotatable bonds is 7. The highest BCUT2D eigenvalue weighted by atomic mass is 32.1. The van der Waals surface area contributed by atoms with Crippen LogP contribution in [-0.4, -0.2) is 27.8 Å². The van der Waals surface area contributed by atoms with Crippen molar-refractivity contribution in [3.05, 3.63) is 74.8 Å². The van der Waals surface area contributed by atoms with Crippen LogP contribution in [0.2, 0.25) is 0 Å². The highest BCUT2D eigenvalue weighted by molar-refractivity contribution is 7.15. The van der Waals surface area contributed by atoms with E-state index in [-0.39, 0.29) is 5.56 Å². The molecule has 8 heteroatoms. The number of aromatic nitrogens is 3. The molecule has 2 aromatic carbocycles. The molecule has 4 aromatic rings. The van der Waals surface area contributed by atoms with Gasteiger partial charge >= 0.3 is 0 Å². The normalized spacial score (nSPS) is 15.9. The van der Waals surface area contributed by atoms with Crippen LogP contribution >= 0.6 is 11.3 Å². The Morgan fingerprint density at radius 3 is 2.81 bits per heavy atom. The molecule has 0 saturated heterocycles. The van der Waals surface area contributed by atoms with Gasteiger partial charge in [0.2, 0.25) is 4.96 Å². The van der Waals surface area contributed by atoms with E-state index in [1.165, 1.54) is 15.9 Å². The monoisotopic (exact) mass is 449 g/mol. The largest absolute Gasteiger partial charge is 0.493 e. The summed E-state index contributed by atoms with van der Waals surface area (Å²) in [6.45, 7) is 3.12. The van der Waals surface area contributed by atoms with Crippen molar-refractivity contribution in [3.63, 3.8) is 0 Å². The van der Waals surface area contributed by atoms with E-state index in [0.29, 0.717) is 40.0 Å². The first-order valence-corrected chi connectivity index (χ1v) is 11.6. The molecule has 1 atom stereocenters. The van der Waals surface area contributed by atoms with Gasteiger partial charge in [0.1, 0.15) is 12.4 Å². The van der Waals surface area contributed by atoms with Crippen LogP contribution in [0.3, 0.4) is 0 Å². The van der Waals surface area contributed by atoms with E-state index < -0.39 is 6.10 Å². The van der Waals surface area contributed by atoms with Crippen molar-refractivity contribution in [2.45, 2.75) is 32.3 Å². The minimum absolute atomic E-state index is 0.207. The van der Waals surface area contributed by atoms with Crippen molar-refractivity contribution >= 4 is 22.4 Å². The maximum Gasteiger partial charge on any atom is 0.291 e. The van der Waals surface area contributed by atoms with Crippen LogP contribution in [0.15, 0.2) is 53.3 Å². The van der Waals surface area contributed by atoms with Crippen molar-refractivity contribution in [3.8, 4) is 17.2 Å². The van der Waals surface area contributed by atoms with Gasteiger partial charge in [-0.2, -0.15) is 9.50 Å². The second kappa shape index (κ2) is 9.00. The molecule has 0 fully saturated rings. The SMILES string of the molecule is CCCCCOc1ccccc1/C=c1\sc2nc([C@H]3COc4ccccc4O3)nn2c1=O. The molecular formula is C24H23N3O4S. The van der Waals surface area contributed by atoms with Gasteiger partial charge in [-0.1, -0.05) is 61.4 Å². The molecule has 1 aliphatic rings. The molecule has 2 aromatic heterocycles. The van der Waals surface area contributed by atoms with Gasteiger partial charge in [-0.25, -0.2) is 0 Å². The zero-order chi connectivity index (χ0) is 21.9. The quantitative estimate of drug-likeness (QED) is 0.400. The molecule has 164 valence electrons. The Balaban J connectivity index is 1.41. The molecule has 0 saturated carbocycles. The number of benzene rings is 2. The van der Waals surface area contributed by atoms with E-state index in [4.69, 9.17) is 14.2 Å². The molecule has 7 nitrogen and oxygen atoms in total. The molecule has 3 heterocycles. The number of ether oxygens (including phenoxy) is 3. The summed E-state index contributed by atoms with van der Waals surface area (Å²) in [7, 11) is 0. The number of fused-ring (bicyclic) bond motifs is 2. The fourth-order valence-corrected chi connectivity index (χ4v) is 4.44. The summed E-state index contributed by atoms with van der Waals surface area (Å²) in [5, 5.41) is 4.41. The first-order valence-electron chi connectivity index (χ1n) is 10.7. The summed E-state index contributed by atoms with van der Waals surface area (Å²) < 4.78 is 19.5. The van der Waals surface area contributed by atoms with Gasteiger partial charge < -0.3 is 14.2 Å². The van der Waals surface area contributed by atoms with Gasteiger partial charge in [-0.15, -0.1) is 5.10 Å². The van der Waals surface area contributed by atoms with Crippen molar-refractivity contribution in [1.82, 2.24) is 14.6 Å². The average molecular weight is 450 g/mol. The Bertz CT molecular complexity index is 1350. The molecule has 0 radical (unpaired) electrons. The van der Waals surface area contributed by atoms with E-state index in [2.05, 4.69) is 17.0 Å². The van der Waals surface area contributed by atoms with Crippen molar-refractivity contribution in [1.29, 1.82) is 0 Å². The molecule has 0 spiro atoms. The van der Waals surface area contributed by atoms with Crippen molar-refractivity contribution in [2.75, 3.05) is 13.2 Å². The molecule has 0 aliphatic carbocycles. The highest BCUT2D eigenvalue weighted by Gasteiger charge is 2.27. The molecule has 0 N–H and O–H groups in total. The van der Waals surface area contributed by atoms with Gasteiger partial charge in [0.05, 0.1) is 11.1 Å². The highest BCUT2D eigenvalue weighted by Crippen LogP contribution is 2.35. The molecule has 1 aliphatic heterocycles. The van der Waals surface area contributed by atoms with E-state index in [1.807, 2.05) is 54.6 Å². The standard InChI is InChI=1S/C24H23N3O4S/c1-2-3-8-13-29-17-10-5-4-9-16(17)14-21-23(28)27-24(32-21)25-22(26-27)20-15-30-18-11-6-7-12-19(18)31-20/h4-7,9-12,14,20H,2-3,8,13,15H2,1H3/b21-14-/t20-/m1/s1. The Labute approximate surface area is 188 Å². The maximum atomic E-state index is 13.0. The van der Waals surface area contributed by atoms with Gasteiger partial charge in [0, 0.05) is 5.56 Å². The van der Waals surface area contributed by atoms with Crippen LogP contribution in [0.25, 0.3) is 11.0 Å². The Morgan fingerprint density at radius 1 is 1.16 bits per heavy atom. The predicted octanol–water partition coefficient (Wildman–Crippen LogP) is 3.78. The number of unbranched alkanes of at least 4 members (excludes halogenated alkanes) is 2. The lowest BCUT2D eigenvalue weighted by Crippen LogP contribution is -2.26. The predicted molar refractivity (Wildman–Crippen MR) is 123 cm³/mol. The summed E-state index contributed by atoms with van der Waals surface area (Å²) in [5.74, 6) is 2.55. The lowest BCUT2D eigenvalue weighted by molar-refractivity contribution is 0.0852. The third-order valence-electron chi connectivity index (χ3n) is 5.21. The fourth-order valence-electron chi connectivity index (χ4n) is 3.54. The summed E-state index contributed by atoms with van der Waals surface area (Å²) >= 11 is 1.30. The number of para-hydroxylation sites is 3. The molecule has 32 heavy (non-hydrogen) atoms. The smallest absolute Gasteiger partial charge is 0.291 e. The third kappa shape index (κ3) is 4.05. The second-order valence-electron chi connectivity index (χ2n) is 7.54. The minimum atomic E-state index is -0.457. The Kier molecular flexibility index (Phi) is 5.77. The van der Waals surface area contributed by atoms with E-state index in [9.17, 15) is 4.79 Å². The zero-order valence-electron chi connectivity index (χ0n) is 17.7. The Hall–Kier alpha value is -3.39. The lowest BCUT2D eigenvalue weighted by atomic mass is 10.2. The van der Waals surface area contributed by atoms with E-state index >= 15 is 0 Å². The number of hydrogen-bond acceptors (Lipinski definition) is 7. The summed E-state index contributed by atoms with van der Waals surface area (Å²) in [5.41, 5.74) is 0.660. The van der Waals surface area contributed by atoms with Crippen LogP contribution in [0, 0.1) is 0 Å². The first-order chi connectivity index (χ1) is 15.7. The van der Waals surface area contributed by atoms with E-state index in [1.54, 1.807) is 0 Å². The number of hydrogen-bond donors (Lipinski definition) is 0. The van der Waals surface area contributed by atoms with Crippen LogP contribution in [0.5, 0.6) is 17.2 Å². The van der Waals surface area contributed by atoms with Gasteiger partial charge in [0.25, 0.3) is 5.56 Å². The molecule has 0 bridgehead atoms. The number of thiazole rings is 1. The average Bonchev–Trinajstić information content (AvgIpc) is 3.37. The maximum absolute atomic E-state index is 13.0. The zero-order valence-corrected chi connectivity index (χ0v) is 18.5. The Morgan fingerprint density at radius 2 is 1.97 bits per heavy atom. The molecule has 0 unspecified atom stereocenters. The van der Waals surface area contributed by atoms with Gasteiger partial charge in [0.15, 0.2) is 23.4 Å². The molecule has 0 amide bonds. The lowest BCUT2D eigenvalue weighted by Gasteiger charge is -2.24. The summed E-state index contributed by atoms with van der Waals surface area (Å²) in [6, 6.07) is 15.2. The van der Waals surface area contributed by atoms with Crippen molar-refractivity contribution in [2.24, 2.45) is 0 Å². The van der Waals surface area contributed by atoms with Gasteiger partial charge in [-0.3, -0.25) is 4.79 Å². The first kappa shape index (κ1) is 20.5. The fraction of sp³-hybridized carbons (Fsp3) is 0.292.